The van der Waals surface area contributed by atoms with Crippen LogP contribution in [0.15, 0.2) is 16.6 Å². The Balaban J connectivity index is 2.62. The van der Waals surface area contributed by atoms with Gasteiger partial charge in [0.05, 0.1) is 18.1 Å². The number of rotatable bonds is 5. The van der Waals surface area contributed by atoms with E-state index in [1.165, 1.54) is 0 Å². The Morgan fingerprint density at radius 1 is 1.22 bits per heavy atom. The maximum atomic E-state index is 5.93. The summed E-state index contributed by atoms with van der Waals surface area (Å²) in [7, 11) is 0. The second-order valence-electron chi connectivity index (χ2n) is 5.15. The van der Waals surface area contributed by atoms with E-state index in [0.29, 0.717) is 19.1 Å². The first-order valence-electron chi connectivity index (χ1n) is 5.95. The van der Waals surface area contributed by atoms with Crippen LogP contribution in [-0.2, 0) is 10.6 Å². The predicted octanol–water partition coefficient (Wildman–Crippen LogP) is 4.69. The van der Waals surface area contributed by atoms with Crippen molar-refractivity contribution < 1.29 is 9.47 Å². The van der Waals surface area contributed by atoms with Crippen molar-refractivity contribution in [3.05, 3.63) is 27.7 Å². The van der Waals surface area contributed by atoms with E-state index in [9.17, 15) is 0 Å². The summed E-state index contributed by atoms with van der Waals surface area (Å²) in [5, 5.41) is 0. The molecule has 2 nitrogen and oxygen atoms in total. The summed E-state index contributed by atoms with van der Waals surface area (Å²) in [4.78, 5) is 0. The average molecular weight is 336 g/mol. The molecule has 0 unspecified atom stereocenters. The molecule has 0 heterocycles. The van der Waals surface area contributed by atoms with Crippen molar-refractivity contribution in [1.29, 1.82) is 0 Å². The zero-order valence-corrected chi connectivity index (χ0v) is 13.7. The lowest BCUT2D eigenvalue weighted by Crippen LogP contribution is -2.22. The molecule has 1 rings (SSSR count). The van der Waals surface area contributed by atoms with Crippen LogP contribution in [0.1, 0.15) is 31.9 Å². The molecule has 0 spiro atoms. The van der Waals surface area contributed by atoms with Gasteiger partial charge in [-0.3, -0.25) is 0 Å². The topological polar surface area (TPSA) is 18.5 Å². The second kappa shape index (κ2) is 6.78. The van der Waals surface area contributed by atoms with Crippen LogP contribution in [0.25, 0.3) is 0 Å². The molecule has 1 aromatic rings. The van der Waals surface area contributed by atoms with Gasteiger partial charge in [-0.05, 0) is 45.4 Å². The van der Waals surface area contributed by atoms with Gasteiger partial charge in [0.15, 0.2) is 0 Å². The van der Waals surface area contributed by atoms with Crippen LogP contribution in [0.2, 0.25) is 0 Å². The molecule has 0 aliphatic heterocycles. The van der Waals surface area contributed by atoms with Crippen molar-refractivity contribution >= 4 is 27.5 Å². The second-order valence-corrected chi connectivity index (χ2v) is 6.34. The van der Waals surface area contributed by atoms with E-state index in [1.807, 2.05) is 39.8 Å². The molecule has 0 aliphatic rings. The molecule has 0 bridgehead atoms. The van der Waals surface area contributed by atoms with Crippen molar-refractivity contribution in [1.82, 2.24) is 0 Å². The van der Waals surface area contributed by atoms with Gasteiger partial charge in [-0.15, -0.1) is 11.6 Å². The number of hydrogen-bond acceptors (Lipinski definition) is 2. The molecule has 0 atom stereocenters. The smallest absolute Gasteiger partial charge is 0.126 e. The molecule has 0 amide bonds. The van der Waals surface area contributed by atoms with Gasteiger partial charge in [0.2, 0.25) is 0 Å². The molecule has 102 valence electrons. The zero-order chi connectivity index (χ0) is 13.8. The van der Waals surface area contributed by atoms with E-state index < -0.39 is 0 Å². The fourth-order valence-corrected chi connectivity index (χ4v) is 2.41. The lowest BCUT2D eigenvalue weighted by Gasteiger charge is -2.20. The zero-order valence-electron chi connectivity index (χ0n) is 11.3. The highest BCUT2D eigenvalue weighted by Gasteiger charge is 2.11. The summed E-state index contributed by atoms with van der Waals surface area (Å²) in [5.74, 6) is 1.31. The summed E-state index contributed by atoms with van der Waals surface area (Å²) in [6.45, 7) is 9.21. The van der Waals surface area contributed by atoms with Crippen LogP contribution in [-0.4, -0.2) is 18.8 Å². The van der Waals surface area contributed by atoms with Gasteiger partial charge in [0.1, 0.15) is 12.4 Å². The molecule has 0 aliphatic carbocycles. The third kappa shape index (κ3) is 5.17. The summed E-state index contributed by atoms with van der Waals surface area (Å²) in [6, 6.07) is 4.01. The molecule has 0 fully saturated rings. The summed E-state index contributed by atoms with van der Waals surface area (Å²) in [5.41, 5.74) is 1.95. The van der Waals surface area contributed by atoms with E-state index in [0.717, 1.165) is 21.3 Å². The van der Waals surface area contributed by atoms with Gasteiger partial charge in [-0.2, -0.15) is 0 Å². The van der Waals surface area contributed by atoms with E-state index in [-0.39, 0.29) is 5.60 Å². The number of aryl methyl sites for hydroxylation is 1. The van der Waals surface area contributed by atoms with Gasteiger partial charge < -0.3 is 9.47 Å². The average Bonchev–Trinajstić information content (AvgIpc) is 2.24. The minimum absolute atomic E-state index is 0.132. The SMILES string of the molecule is Cc1cc(Br)cc(CCl)c1OCCOC(C)(C)C. The minimum atomic E-state index is -0.132. The molecule has 0 N–H and O–H groups in total. The molecular formula is C14H20BrClO2. The first kappa shape index (κ1) is 15.8. The number of halogens is 2. The molecule has 0 saturated carbocycles. The normalized spacial score (nSPS) is 11.7. The molecule has 0 saturated heterocycles. The molecular weight excluding hydrogens is 316 g/mol. The highest BCUT2D eigenvalue weighted by molar-refractivity contribution is 9.10. The fourth-order valence-electron chi connectivity index (χ4n) is 1.60. The van der Waals surface area contributed by atoms with E-state index in [1.54, 1.807) is 0 Å². The van der Waals surface area contributed by atoms with E-state index in [4.69, 9.17) is 21.1 Å². The van der Waals surface area contributed by atoms with Crippen molar-refractivity contribution in [3.63, 3.8) is 0 Å². The van der Waals surface area contributed by atoms with Crippen molar-refractivity contribution in [2.45, 2.75) is 39.2 Å². The summed E-state index contributed by atoms with van der Waals surface area (Å²) in [6.07, 6.45) is 0. The largest absolute Gasteiger partial charge is 0.491 e. The highest BCUT2D eigenvalue weighted by atomic mass is 79.9. The van der Waals surface area contributed by atoms with Crippen LogP contribution in [0, 0.1) is 6.92 Å². The van der Waals surface area contributed by atoms with Crippen LogP contribution >= 0.6 is 27.5 Å². The van der Waals surface area contributed by atoms with E-state index in [2.05, 4.69) is 15.9 Å². The quantitative estimate of drug-likeness (QED) is 0.574. The standard InChI is InChI=1S/C14H20BrClO2/c1-10-7-12(15)8-11(9-16)13(10)17-5-6-18-14(2,3)4/h7-8H,5-6,9H2,1-4H3. The Morgan fingerprint density at radius 2 is 1.89 bits per heavy atom. The van der Waals surface area contributed by atoms with Crippen molar-refractivity contribution in [3.8, 4) is 5.75 Å². The fraction of sp³-hybridized carbons (Fsp3) is 0.571. The number of hydrogen-bond donors (Lipinski definition) is 0. The van der Waals surface area contributed by atoms with Crippen molar-refractivity contribution in [2.75, 3.05) is 13.2 Å². The van der Waals surface area contributed by atoms with Crippen LogP contribution in [0.5, 0.6) is 5.75 Å². The van der Waals surface area contributed by atoms with Gasteiger partial charge in [-0.25, -0.2) is 0 Å². The van der Waals surface area contributed by atoms with Crippen molar-refractivity contribution in [2.24, 2.45) is 0 Å². The van der Waals surface area contributed by atoms with Gasteiger partial charge in [0, 0.05) is 10.0 Å². The summed E-state index contributed by atoms with van der Waals surface area (Å²) >= 11 is 9.39. The Bertz CT molecular complexity index is 400. The first-order valence-corrected chi connectivity index (χ1v) is 7.28. The molecule has 1 aromatic carbocycles. The van der Waals surface area contributed by atoms with Gasteiger partial charge >= 0.3 is 0 Å². The first-order chi connectivity index (χ1) is 8.33. The Hall–Kier alpha value is -0.250. The predicted molar refractivity (Wildman–Crippen MR) is 79.6 cm³/mol. The van der Waals surface area contributed by atoms with Gasteiger partial charge in [-0.1, -0.05) is 15.9 Å². The molecule has 4 heteroatoms. The maximum Gasteiger partial charge on any atom is 0.126 e. The Labute approximate surface area is 123 Å². The monoisotopic (exact) mass is 334 g/mol. The van der Waals surface area contributed by atoms with Gasteiger partial charge in [0.25, 0.3) is 0 Å². The molecule has 18 heavy (non-hydrogen) atoms. The Morgan fingerprint density at radius 3 is 2.44 bits per heavy atom. The highest BCUT2D eigenvalue weighted by Crippen LogP contribution is 2.29. The summed E-state index contributed by atoms with van der Waals surface area (Å²) < 4.78 is 12.4. The lowest BCUT2D eigenvalue weighted by molar-refractivity contribution is -0.0164. The number of ether oxygens (including phenoxy) is 2. The Kier molecular flexibility index (Phi) is 5.96. The molecule has 0 aromatic heterocycles. The third-order valence-corrected chi connectivity index (χ3v) is 3.07. The lowest BCUT2D eigenvalue weighted by atomic mass is 10.1. The maximum absolute atomic E-state index is 5.93. The number of alkyl halides is 1. The van der Waals surface area contributed by atoms with E-state index >= 15 is 0 Å². The molecule has 0 radical (unpaired) electrons. The van der Waals surface area contributed by atoms with Crippen LogP contribution in [0.4, 0.5) is 0 Å². The minimum Gasteiger partial charge on any atom is -0.491 e. The third-order valence-electron chi connectivity index (χ3n) is 2.33. The van der Waals surface area contributed by atoms with Crippen LogP contribution in [0.3, 0.4) is 0 Å². The van der Waals surface area contributed by atoms with Crippen LogP contribution < -0.4 is 4.74 Å². The number of benzene rings is 1.